The zero-order valence-corrected chi connectivity index (χ0v) is 16.1. The van der Waals surface area contributed by atoms with Crippen molar-refractivity contribution in [1.82, 2.24) is 5.32 Å². The molecular weight excluding hydrogens is 372 g/mol. The van der Waals surface area contributed by atoms with Crippen molar-refractivity contribution in [2.45, 2.75) is 26.8 Å². The maximum absolute atomic E-state index is 12.5. The molecule has 0 bridgehead atoms. The van der Waals surface area contributed by atoms with Gasteiger partial charge in [0, 0.05) is 11.1 Å². The Hall–Kier alpha value is -2.80. The van der Waals surface area contributed by atoms with Gasteiger partial charge in [0.05, 0.1) is 24.2 Å². The summed E-state index contributed by atoms with van der Waals surface area (Å²) in [5, 5.41) is 14.1. The Labute approximate surface area is 162 Å². The zero-order chi connectivity index (χ0) is 20.0. The van der Waals surface area contributed by atoms with E-state index in [4.69, 9.17) is 21.1 Å². The quantitative estimate of drug-likeness (QED) is 0.526. The van der Waals surface area contributed by atoms with E-state index in [2.05, 4.69) is 5.32 Å². The number of carbonyl (C=O) groups is 1. The molecule has 0 radical (unpaired) electrons. The van der Waals surface area contributed by atoms with E-state index in [-0.39, 0.29) is 16.3 Å². The predicted molar refractivity (Wildman–Crippen MR) is 103 cm³/mol. The van der Waals surface area contributed by atoms with Gasteiger partial charge in [-0.25, -0.2) is 0 Å². The molecule has 144 valence electrons. The van der Waals surface area contributed by atoms with Crippen LogP contribution < -0.4 is 14.8 Å². The molecule has 1 atom stereocenters. The predicted octanol–water partition coefficient (Wildman–Crippen LogP) is 4.54. The summed E-state index contributed by atoms with van der Waals surface area (Å²) in [5.41, 5.74) is 0.396. The van der Waals surface area contributed by atoms with E-state index in [1.165, 1.54) is 12.1 Å². The van der Waals surface area contributed by atoms with E-state index in [1.54, 1.807) is 19.1 Å². The first-order valence-corrected chi connectivity index (χ1v) is 8.89. The van der Waals surface area contributed by atoms with Crippen molar-refractivity contribution in [1.29, 1.82) is 0 Å². The van der Waals surface area contributed by atoms with Crippen molar-refractivity contribution >= 4 is 23.2 Å². The smallest absolute Gasteiger partial charge is 0.283 e. The molecule has 0 spiro atoms. The average Bonchev–Trinajstić information content (AvgIpc) is 2.63. The third-order valence-electron chi connectivity index (χ3n) is 3.82. The van der Waals surface area contributed by atoms with Crippen LogP contribution in [0, 0.1) is 10.1 Å². The molecule has 0 aliphatic heterocycles. The lowest BCUT2D eigenvalue weighted by atomic mass is 10.1. The van der Waals surface area contributed by atoms with E-state index in [1.807, 2.05) is 19.9 Å². The molecule has 2 aromatic carbocycles. The van der Waals surface area contributed by atoms with Gasteiger partial charge in [0.2, 0.25) is 0 Å². The van der Waals surface area contributed by atoms with Crippen LogP contribution in [0.2, 0.25) is 5.02 Å². The van der Waals surface area contributed by atoms with Crippen LogP contribution in [0.15, 0.2) is 36.4 Å². The van der Waals surface area contributed by atoms with Crippen molar-refractivity contribution in [2.75, 3.05) is 13.2 Å². The molecular formula is C19H21ClN2O5. The highest BCUT2D eigenvalue weighted by Crippen LogP contribution is 2.31. The van der Waals surface area contributed by atoms with E-state index >= 15 is 0 Å². The Morgan fingerprint density at radius 1 is 1.15 bits per heavy atom. The van der Waals surface area contributed by atoms with Crippen LogP contribution in [-0.4, -0.2) is 24.0 Å². The first kappa shape index (κ1) is 20.5. The molecule has 8 heteroatoms. The van der Waals surface area contributed by atoms with E-state index in [0.29, 0.717) is 24.7 Å². The molecule has 0 fully saturated rings. The van der Waals surface area contributed by atoms with Crippen LogP contribution in [-0.2, 0) is 0 Å². The fourth-order valence-corrected chi connectivity index (χ4v) is 2.71. The Balaban J connectivity index is 2.24. The van der Waals surface area contributed by atoms with Crippen LogP contribution in [0.25, 0.3) is 0 Å². The number of rotatable bonds is 8. The summed E-state index contributed by atoms with van der Waals surface area (Å²) in [5.74, 6) is 0.642. The second-order valence-corrected chi connectivity index (χ2v) is 6.12. The molecule has 1 unspecified atom stereocenters. The topological polar surface area (TPSA) is 90.7 Å². The third-order valence-corrected chi connectivity index (χ3v) is 4.05. The Morgan fingerprint density at radius 3 is 2.44 bits per heavy atom. The first-order chi connectivity index (χ1) is 12.9. The molecule has 0 saturated heterocycles. The number of nitro benzene ring substituents is 1. The van der Waals surface area contributed by atoms with Crippen LogP contribution in [0.5, 0.6) is 11.5 Å². The maximum atomic E-state index is 12.5. The number of hydrogen-bond acceptors (Lipinski definition) is 5. The average molecular weight is 393 g/mol. The number of nitrogens with one attached hydrogen (secondary N) is 1. The Kier molecular flexibility index (Phi) is 7.01. The molecule has 2 rings (SSSR count). The lowest BCUT2D eigenvalue weighted by Crippen LogP contribution is -2.27. The number of carbonyl (C=O) groups excluding carboxylic acids is 1. The van der Waals surface area contributed by atoms with Gasteiger partial charge in [-0.1, -0.05) is 17.7 Å². The summed E-state index contributed by atoms with van der Waals surface area (Å²) in [4.78, 5) is 23.1. The lowest BCUT2D eigenvalue weighted by molar-refractivity contribution is -0.385. The van der Waals surface area contributed by atoms with Crippen molar-refractivity contribution < 1.29 is 19.2 Å². The van der Waals surface area contributed by atoms with E-state index in [0.717, 1.165) is 11.6 Å². The minimum atomic E-state index is -0.629. The number of ether oxygens (including phenoxy) is 2. The molecule has 0 aromatic heterocycles. The fraction of sp³-hybridized carbons (Fsp3) is 0.316. The van der Waals surface area contributed by atoms with E-state index in [9.17, 15) is 14.9 Å². The van der Waals surface area contributed by atoms with Crippen LogP contribution >= 0.6 is 11.6 Å². The normalized spacial score (nSPS) is 11.6. The van der Waals surface area contributed by atoms with Gasteiger partial charge in [-0.15, -0.1) is 0 Å². The summed E-state index contributed by atoms with van der Waals surface area (Å²) >= 11 is 5.79. The standard InChI is InChI=1S/C19H21ClN2O5/c1-4-26-17-9-6-13(10-18(17)27-5-2)12(3)21-19(23)15-8-7-14(20)11-16(15)22(24)25/h6-12H,4-5H2,1-3H3,(H,21,23). The zero-order valence-electron chi connectivity index (χ0n) is 15.3. The number of halogens is 1. The second kappa shape index (κ2) is 9.23. The summed E-state index contributed by atoms with van der Waals surface area (Å²) in [7, 11) is 0. The van der Waals surface area contributed by atoms with Gasteiger partial charge in [0.15, 0.2) is 11.5 Å². The van der Waals surface area contributed by atoms with Crippen LogP contribution in [0.1, 0.15) is 42.7 Å². The Bertz CT molecular complexity index is 841. The largest absolute Gasteiger partial charge is 0.490 e. The van der Waals surface area contributed by atoms with Gasteiger partial charge in [0.1, 0.15) is 5.56 Å². The number of nitro groups is 1. The van der Waals surface area contributed by atoms with Crippen molar-refractivity contribution in [3.63, 3.8) is 0 Å². The number of benzene rings is 2. The number of hydrogen-bond donors (Lipinski definition) is 1. The van der Waals surface area contributed by atoms with Gasteiger partial charge in [-0.05, 0) is 50.6 Å². The first-order valence-electron chi connectivity index (χ1n) is 8.51. The summed E-state index contributed by atoms with van der Waals surface area (Å²) < 4.78 is 11.1. The third kappa shape index (κ3) is 5.10. The number of amides is 1. The summed E-state index contributed by atoms with van der Waals surface area (Å²) in [6, 6.07) is 8.92. The fourth-order valence-electron chi connectivity index (χ4n) is 2.54. The molecule has 27 heavy (non-hydrogen) atoms. The van der Waals surface area contributed by atoms with Gasteiger partial charge in [0.25, 0.3) is 11.6 Å². The molecule has 7 nitrogen and oxygen atoms in total. The monoisotopic (exact) mass is 392 g/mol. The van der Waals surface area contributed by atoms with Crippen molar-refractivity contribution in [2.24, 2.45) is 0 Å². The SMILES string of the molecule is CCOc1ccc(C(C)NC(=O)c2ccc(Cl)cc2[N+](=O)[O-])cc1OCC. The highest BCUT2D eigenvalue weighted by Gasteiger charge is 2.22. The minimum absolute atomic E-state index is 0.0489. The highest BCUT2D eigenvalue weighted by molar-refractivity contribution is 6.31. The molecule has 0 saturated carbocycles. The highest BCUT2D eigenvalue weighted by atomic mass is 35.5. The molecule has 2 aromatic rings. The second-order valence-electron chi connectivity index (χ2n) is 5.69. The van der Waals surface area contributed by atoms with Crippen molar-refractivity contribution in [3.05, 3.63) is 62.7 Å². The van der Waals surface area contributed by atoms with Crippen molar-refractivity contribution in [3.8, 4) is 11.5 Å². The van der Waals surface area contributed by atoms with Gasteiger partial charge < -0.3 is 14.8 Å². The molecule has 0 aliphatic carbocycles. The van der Waals surface area contributed by atoms with Crippen LogP contribution in [0.3, 0.4) is 0 Å². The molecule has 0 heterocycles. The maximum Gasteiger partial charge on any atom is 0.283 e. The van der Waals surface area contributed by atoms with Gasteiger partial charge >= 0.3 is 0 Å². The number of nitrogens with zero attached hydrogens (tertiary/aromatic N) is 1. The van der Waals surface area contributed by atoms with Gasteiger partial charge in [-0.2, -0.15) is 0 Å². The van der Waals surface area contributed by atoms with Gasteiger partial charge in [-0.3, -0.25) is 14.9 Å². The molecule has 1 N–H and O–H groups in total. The van der Waals surface area contributed by atoms with E-state index < -0.39 is 16.9 Å². The summed E-state index contributed by atoms with van der Waals surface area (Å²) in [6.07, 6.45) is 0. The molecule has 1 amide bonds. The Morgan fingerprint density at radius 2 is 1.81 bits per heavy atom. The lowest BCUT2D eigenvalue weighted by Gasteiger charge is -2.17. The summed E-state index contributed by atoms with van der Waals surface area (Å²) in [6.45, 7) is 6.51. The van der Waals surface area contributed by atoms with Crippen LogP contribution in [0.4, 0.5) is 5.69 Å². The minimum Gasteiger partial charge on any atom is -0.490 e. The molecule has 0 aliphatic rings.